The second-order valence-corrected chi connectivity index (χ2v) is 9.38. The van der Waals surface area contributed by atoms with Crippen molar-refractivity contribution >= 4 is 11.9 Å². The number of carboxylic acid groups (broad SMARTS) is 1. The number of amides is 1. The normalized spacial score (nSPS) is 21.5. The summed E-state index contributed by atoms with van der Waals surface area (Å²) in [6, 6.07) is 7.59. The predicted octanol–water partition coefficient (Wildman–Crippen LogP) is 2.91. The molecule has 7 heteroatoms. The van der Waals surface area contributed by atoms with Gasteiger partial charge in [0.05, 0.1) is 6.42 Å². The summed E-state index contributed by atoms with van der Waals surface area (Å²) >= 11 is 0. The van der Waals surface area contributed by atoms with Gasteiger partial charge < -0.3 is 25.5 Å². The van der Waals surface area contributed by atoms with Crippen LogP contribution in [0.1, 0.15) is 58.9 Å². The summed E-state index contributed by atoms with van der Waals surface area (Å²) in [5.41, 5.74) is 1.20. The van der Waals surface area contributed by atoms with Crippen molar-refractivity contribution in [1.82, 2.24) is 9.80 Å². The summed E-state index contributed by atoms with van der Waals surface area (Å²) in [6.45, 7) is 12.8. The molecule has 1 amide bonds. The van der Waals surface area contributed by atoms with Crippen molar-refractivity contribution in [3.05, 3.63) is 29.8 Å². The van der Waals surface area contributed by atoms with Gasteiger partial charge in [-0.25, -0.2) is 0 Å². The number of aliphatic carboxylic acids is 1. The first-order valence-corrected chi connectivity index (χ1v) is 11.1. The van der Waals surface area contributed by atoms with Gasteiger partial charge in [0.15, 0.2) is 0 Å². The molecule has 1 aliphatic rings. The zero-order chi connectivity index (χ0) is 22.3. The van der Waals surface area contributed by atoms with Gasteiger partial charge in [0, 0.05) is 32.6 Å². The van der Waals surface area contributed by atoms with Crippen molar-refractivity contribution < 1.29 is 25.3 Å². The summed E-state index contributed by atoms with van der Waals surface area (Å²) in [5, 5.41) is 18.8. The number of hydrogen-bond donors (Lipinski definition) is 2. The van der Waals surface area contributed by atoms with E-state index in [9.17, 15) is 14.7 Å². The maximum Gasteiger partial charge on any atom is 0.303 e. The van der Waals surface area contributed by atoms with E-state index >= 15 is 0 Å². The molecule has 0 spiro atoms. The van der Waals surface area contributed by atoms with Crippen LogP contribution in [-0.4, -0.2) is 70.1 Å². The number of aromatic hydroxyl groups is 1. The summed E-state index contributed by atoms with van der Waals surface area (Å²) in [6.07, 6.45) is 1.88. The van der Waals surface area contributed by atoms with Gasteiger partial charge in [0.25, 0.3) is 0 Å². The highest BCUT2D eigenvalue weighted by Gasteiger charge is 2.38. The van der Waals surface area contributed by atoms with Gasteiger partial charge >= 0.3 is 5.97 Å². The molecule has 1 aliphatic heterocycles. The van der Waals surface area contributed by atoms with Crippen LogP contribution in [0, 0.1) is 11.8 Å². The van der Waals surface area contributed by atoms with Crippen LogP contribution in [0.2, 0.25) is 0 Å². The van der Waals surface area contributed by atoms with Gasteiger partial charge in [-0.15, -0.1) is 0 Å². The highest BCUT2D eigenvalue weighted by atomic mass is 16.4. The molecule has 31 heavy (non-hydrogen) atoms. The van der Waals surface area contributed by atoms with Gasteiger partial charge in [-0.3, -0.25) is 9.59 Å². The van der Waals surface area contributed by atoms with Gasteiger partial charge in [-0.2, -0.15) is 0 Å². The number of piperidine rings is 1. The average Bonchev–Trinajstić information content (AvgIpc) is 2.68. The van der Waals surface area contributed by atoms with E-state index < -0.39 is 5.97 Å². The lowest BCUT2D eigenvalue weighted by atomic mass is 9.68. The minimum Gasteiger partial charge on any atom is -0.508 e. The average molecular weight is 437 g/mol. The Balaban J connectivity index is 0.00000480. The third-order valence-corrected chi connectivity index (χ3v) is 6.64. The molecule has 1 fully saturated rings. The first-order chi connectivity index (χ1) is 14.1. The van der Waals surface area contributed by atoms with Crippen molar-refractivity contribution in [2.24, 2.45) is 11.8 Å². The number of phenolic OH excluding ortho intramolecular Hbond substituents is 1. The molecular formula is C24H40N2O5. The van der Waals surface area contributed by atoms with Gasteiger partial charge in [0.2, 0.25) is 5.91 Å². The molecule has 0 aliphatic carbocycles. The number of likely N-dealkylation sites (tertiary alicyclic amines) is 1. The SMILES string of the molecule is CC(C)CCN(CCN1CC[C@](C)(c2cccc(O)c2)[C@@H](C)C1)C(=O)CCC(=O)O.O. The summed E-state index contributed by atoms with van der Waals surface area (Å²) in [4.78, 5) is 27.6. The number of carbonyl (C=O) groups is 2. The van der Waals surface area contributed by atoms with Crippen molar-refractivity contribution in [3.63, 3.8) is 0 Å². The Bertz CT molecular complexity index is 724. The van der Waals surface area contributed by atoms with Crippen LogP contribution in [0.5, 0.6) is 5.75 Å². The number of carboxylic acids is 1. The number of nitrogens with zero attached hydrogens (tertiary/aromatic N) is 2. The number of carbonyl (C=O) groups excluding carboxylic acids is 1. The quantitative estimate of drug-likeness (QED) is 0.586. The van der Waals surface area contributed by atoms with Crippen molar-refractivity contribution in [2.75, 3.05) is 32.7 Å². The Morgan fingerprint density at radius 3 is 2.55 bits per heavy atom. The monoisotopic (exact) mass is 436 g/mol. The Kier molecular flexibility index (Phi) is 10.5. The summed E-state index contributed by atoms with van der Waals surface area (Å²) < 4.78 is 0. The summed E-state index contributed by atoms with van der Waals surface area (Å²) in [5.74, 6) is 0.234. The van der Waals surface area contributed by atoms with E-state index in [-0.39, 0.29) is 29.6 Å². The first-order valence-electron chi connectivity index (χ1n) is 11.1. The molecule has 0 aromatic heterocycles. The molecule has 1 aromatic carbocycles. The van der Waals surface area contributed by atoms with E-state index in [2.05, 4.69) is 38.7 Å². The van der Waals surface area contributed by atoms with Crippen LogP contribution >= 0.6 is 0 Å². The van der Waals surface area contributed by atoms with Crippen molar-refractivity contribution in [1.29, 1.82) is 0 Å². The Labute approximate surface area is 186 Å². The fourth-order valence-electron chi connectivity index (χ4n) is 4.22. The lowest BCUT2D eigenvalue weighted by Gasteiger charge is -2.45. The van der Waals surface area contributed by atoms with E-state index in [1.54, 1.807) is 6.07 Å². The van der Waals surface area contributed by atoms with Gasteiger partial charge in [-0.05, 0) is 54.3 Å². The molecule has 1 saturated heterocycles. The maximum absolute atomic E-state index is 12.5. The topological polar surface area (TPSA) is 113 Å². The Hall–Kier alpha value is -2.12. The summed E-state index contributed by atoms with van der Waals surface area (Å²) in [7, 11) is 0. The molecule has 1 aromatic rings. The Morgan fingerprint density at radius 1 is 1.26 bits per heavy atom. The lowest BCUT2D eigenvalue weighted by Crippen LogP contribution is -2.49. The fraction of sp³-hybridized carbons (Fsp3) is 0.667. The molecule has 1 heterocycles. The van der Waals surface area contributed by atoms with E-state index in [0.29, 0.717) is 30.7 Å². The molecule has 176 valence electrons. The van der Waals surface area contributed by atoms with Crippen LogP contribution in [0.3, 0.4) is 0 Å². The highest BCUT2D eigenvalue weighted by Crippen LogP contribution is 2.40. The lowest BCUT2D eigenvalue weighted by molar-refractivity contribution is -0.141. The third-order valence-electron chi connectivity index (χ3n) is 6.64. The van der Waals surface area contributed by atoms with Crippen LogP contribution in [0.25, 0.3) is 0 Å². The minimum atomic E-state index is -0.928. The maximum atomic E-state index is 12.5. The van der Waals surface area contributed by atoms with E-state index in [1.807, 2.05) is 17.0 Å². The number of benzene rings is 1. The third kappa shape index (κ3) is 7.82. The zero-order valence-electron chi connectivity index (χ0n) is 19.4. The largest absolute Gasteiger partial charge is 0.508 e. The van der Waals surface area contributed by atoms with Crippen molar-refractivity contribution in [3.8, 4) is 5.75 Å². The molecule has 7 nitrogen and oxygen atoms in total. The predicted molar refractivity (Wildman–Crippen MR) is 122 cm³/mol. The number of hydrogen-bond acceptors (Lipinski definition) is 4. The Morgan fingerprint density at radius 2 is 1.97 bits per heavy atom. The van der Waals surface area contributed by atoms with Gasteiger partial charge in [0.1, 0.15) is 5.75 Å². The van der Waals surface area contributed by atoms with E-state index in [1.165, 1.54) is 5.56 Å². The van der Waals surface area contributed by atoms with Crippen LogP contribution in [-0.2, 0) is 15.0 Å². The molecule has 0 saturated carbocycles. The van der Waals surface area contributed by atoms with Crippen molar-refractivity contribution in [2.45, 2.75) is 58.8 Å². The number of rotatable bonds is 10. The van der Waals surface area contributed by atoms with Crippen LogP contribution in [0.4, 0.5) is 0 Å². The smallest absolute Gasteiger partial charge is 0.303 e. The molecule has 0 bridgehead atoms. The van der Waals surface area contributed by atoms with Gasteiger partial charge in [-0.1, -0.05) is 39.8 Å². The second-order valence-electron chi connectivity index (χ2n) is 9.38. The van der Waals surface area contributed by atoms with E-state index in [0.717, 1.165) is 32.5 Å². The number of phenols is 1. The standard InChI is InChI=1S/C24H38N2O4.H2O/c1-18(2)10-12-26(22(28)8-9-23(29)30)15-14-25-13-11-24(4,19(3)17-25)20-6-5-7-21(27)16-20;/h5-7,16,18-19,27H,8-15,17H2,1-4H3,(H,29,30);1H2/t19-,24-;/m0./s1. The highest BCUT2D eigenvalue weighted by molar-refractivity contribution is 5.80. The molecule has 2 rings (SSSR count). The molecule has 0 unspecified atom stereocenters. The minimum absolute atomic E-state index is 0. The zero-order valence-corrected chi connectivity index (χ0v) is 19.4. The molecule has 4 N–H and O–H groups in total. The van der Waals surface area contributed by atoms with E-state index in [4.69, 9.17) is 5.11 Å². The molecule has 2 atom stereocenters. The van der Waals surface area contributed by atoms with Crippen LogP contribution < -0.4 is 0 Å². The first kappa shape index (κ1) is 26.9. The second kappa shape index (κ2) is 12.1. The van der Waals surface area contributed by atoms with Crippen LogP contribution in [0.15, 0.2) is 24.3 Å². The molecule has 0 radical (unpaired) electrons. The fourth-order valence-corrected chi connectivity index (χ4v) is 4.22. The molecular weight excluding hydrogens is 396 g/mol.